The van der Waals surface area contributed by atoms with E-state index in [1.54, 1.807) is 4.90 Å². The minimum absolute atomic E-state index is 0.0276. The average Bonchev–Trinajstić information content (AvgIpc) is 3.68. The Hall–Kier alpha value is -4.30. The van der Waals surface area contributed by atoms with Crippen molar-refractivity contribution in [3.05, 3.63) is 65.7 Å². The van der Waals surface area contributed by atoms with Crippen LogP contribution in [0.1, 0.15) is 62.1 Å². The molecule has 1 amide bonds. The minimum Gasteiger partial charge on any atom is -0.481 e. The molecular formula is C33H37F6N5O4. The number of benzene rings is 1. The summed E-state index contributed by atoms with van der Waals surface area (Å²) in [6.07, 6.45) is -0.728. The summed E-state index contributed by atoms with van der Waals surface area (Å²) in [4.78, 5) is 36.6. The molecule has 1 aliphatic heterocycles. The second-order valence-electron chi connectivity index (χ2n) is 12.6. The fraction of sp³-hybridized carbons (Fsp3) is 0.515. The largest absolute Gasteiger partial charge is 0.481 e. The van der Waals surface area contributed by atoms with Crippen LogP contribution in [0.3, 0.4) is 0 Å². The molecule has 0 spiro atoms. The highest BCUT2D eigenvalue weighted by Gasteiger charge is 2.41. The molecule has 1 saturated heterocycles. The van der Waals surface area contributed by atoms with Gasteiger partial charge in [0, 0.05) is 62.1 Å². The van der Waals surface area contributed by atoms with Crippen molar-refractivity contribution in [2.75, 3.05) is 18.1 Å². The third-order valence-electron chi connectivity index (χ3n) is 9.24. The number of carboxylic acid groups (broad SMARTS) is 1. The molecule has 3 aromatic rings. The molecule has 1 N–H and O–H groups in total. The van der Waals surface area contributed by atoms with Crippen LogP contribution >= 0.6 is 0 Å². The van der Waals surface area contributed by atoms with Crippen LogP contribution in [0.2, 0.25) is 0 Å². The van der Waals surface area contributed by atoms with E-state index in [1.807, 2.05) is 37.0 Å². The van der Waals surface area contributed by atoms with Crippen molar-refractivity contribution in [3.63, 3.8) is 0 Å². The number of likely N-dealkylation sites (tertiary alicyclic amines) is 1. The molecule has 0 radical (unpaired) electrons. The molecule has 15 heteroatoms. The van der Waals surface area contributed by atoms with E-state index in [-0.39, 0.29) is 49.2 Å². The molecule has 2 fully saturated rings. The number of halogens is 6. The second kappa shape index (κ2) is 14.0. The van der Waals surface area contributed by atoms with Gasteiger partial charge in [-0.05, 0) is 74.3 Å². The normalized spacial score (nSPS) is 21.7. The van der Waals surface area contributed by atoms with Crippen LogP contribution in [0.4, 0.5) is 37.1 Å². The van der Waals surface area contributed by atoms with Crippen molar-refractivity contribution >= 4 is 18.0 Å². The first-order valence-electron chi connectivity index (χ1n) is 15.8. The molecule has 5 rings (SSSR count). The van der Waals surface area contributed by atoms with Gasteiger partial charge in [-0.1, -0.05) is 6.92 Å². The predicted octanol–water partition coefficient (Wildman–Crippen LogP) is 7.41. The molecule has 1 unspecified atom stereocenters. The van der Waals surface area contributed by atoms with Gasteiger partial charge in [-0.15, -0.1) is 0 Å². The van der Waals surface area contributed by atoms with E-state index in [9.17, 15) is 41.0 Å². The number of hydrogen-bond donors (Lipinski definition) is 1. The van der Waals surface area contributed by atoms with Gasteiger partial charge in [-0.2, -0.15) is 26.3 Å². The van der Waals surface area contributed by atoms with Crippen LogP contribution in [0, 0.1) is 11.8 Å². The van der Waals surface area contributed by atoms with Gasteiger partial charge in [0.15, 0.2) is 0 Å². The first-order valence-corrected chi connectivity index (χ1v) is 15.8. The molecule has 1 aromatic carbocycles. The van der Waals surface area contributed by atoms with E-state index >= 15 is 0 Å². The summed E-state index contributed by atoms with van der Waals surface area (Å²) in [7, 11) is 1.84. The highest BCUT2D eigenvalue weighted by molar-refractivity contribution is 5.70. The Morgan fingerprint density at radius 1 is 0.979 bits per heavy atom. The lowest BCUT2D eigenvalue weighted by Crippen LogP contribution is -2.41. The summed E-state index contributed by atoms with van der Waals surface area (Å²) in [6.45, 7) is 1.70. The molecule has 2 aliphatic rings. The van der Waals surface area contributed by atoms with E-state index in [1.165, 1.54) is 17.3 Å². The average molecular weight is 682 g/mol. The third-order valence-corrected chi connectivity index (χ3v) is 9.24. The Morgan fingerprint density at radius 3 is 2.12 bits per heavy atom. The molecule has 1 saturated carbocycles. The lowest BCUT2D eigenvalue weighted by atomic mass is 9.82. The van der Waals surface area contributed by atoms with E-state index in [0.717, 1.165) is 5.56 Å². The topological polar surface area (TPSA) is 101 Å². The monoisotopic (exact) mass is 681 g/mol. The number of carbonyl (C=O) groups excluding carboxylic acids is 1. The number of aliphatic carboxylic acids is 1. The summed E-state index contributed by atoms with van der Waals surface area (Å²) < 4.78 is 89.8. The Labute approximate surface area is 273 Å². The van der Waals surface area contributed by atoms with Gasteiger partial charge < -0.3 is 24.2 Å². The maximum absolute atomic E-state index is 13.7. The van der Waals surface area contributed by atoms with E-state index in [4.69, 9.17) is 4.74 Å². The zero-order valence-electron chi connectivity index (χ0n) is 26.5. The zero-order chi connectivity index (χ0) is 34.8. The molecule has 2 aromatic heterocycles. The van der Waals surface area contributed by atoms with Crippen LogP contribution in [-0.4, -0.2) is 61.8 Å². The van der Waals surface area contributed by atoms with Gasteiger partial charge in [0.2, 0.25) is 5.95 Å². The summed E-state index contributed by atoms with van der Waals surface area (Å²) in [5.74, 6) is -1.12. The second-order valence-corrected chi connectivity index (χ2v) is 12.6. The molecule has 2 atom stereocenters. The van der Waals surface area contributed by atoms with Crippen molar-refractivity contribution in [1.82, 2.24) is 19.4 Å². The fourth-order valence-electron chi connectivity index (χ4n) is 6.54. The molecule has 48 heavy (non-hydrogen) atoms. The SMILES string of the molecule is CC[C@@H]1CC(N(Cc2cc(C(F)(F)F)cc(C(F)(F)F)c2)c2ncc(-c3ccn(C)c3)cn2)CN1C(=O)OC[C@H]1CC[C@H](C(=O)O)CC1. The quantitative estimate of drug-likeness (QED) is 0.235. The Kier molecular flexibility index (Phi) is 10.2. The van der Waals surface area contributed by atoms with Crippen LogP contribution in [0.15, 0.2) is 49.1 Å². The minimum atomic E-state index is -5.01. The van der Waals surface area contributed by atoms with E-state index in [0.29, 0.717) is 56.2 Å². The lowest BCUT2D eigenvalue weighted by Gasteiger charge is -2.30. The van der Waals surface area contributed by atoms with Crippen molar-refractivity contribution in [1.29, 1.82) is 0 Å². The van der Waals surface area contributed by atoms with Crippen molar-refractivity contribution in [2.24, 2.45) is 18.9 Å². The molecule has 1 aliphatic carbocycles. The number of aromatic nitrogens is 3. The third kappa shape index (κ3) is 8.21. The summed E-state index contributed by atoms with van der Waals surface area (Å²) in [5.41, 5.74) is -1.60. The highest BCUT2D eigenvalue weighted by Crippen LogP contribution is 2.38. The lowest BCUT2D eigenvalue weighted by molar-refractivity contribution is -0.144. The Bertz CT molecular complexity index is 1550. The van der Waals surface area contributed by atoms with Gasteiger partial charge in [0.25, 0.3) is 0 Å². The molecular weight excluding hydrogens is 644 g/mol. The van der Waals surface area contributed by atoms with Gasteiger partial charge in [0.1, 0.15) is 0 Å². The van der Waals surface area contributed by atoms with Crippen molar-refractivity contribution < 1.29 is 45.8 Å². The summed E-state index contributed by atoms with van der Waals surface area (Å²) in [5, 5.41) is 9.25. The van der Waals surface area contributed by atoms with Crippen LogP contribution in [-0.2, 0) is 35.5 Å². The maximum Gasteiger partial charge on any atom is 0.416 e. The zero-order valence-corrected chi connectivity index (χ0v) is 26.5. The predicted molar refractivity (Wildman–Crippen MR) is 163 cm³/mol. The van der Waals surface area contributed by atoms with Crippen molar-refractivity contribution in [3.8, 4) is 11.1 Å². The number of rotatable bonds is 9. The van der Waals surface area contributed by atoms with E-state index < -0.39 is 47.5 Å². The van der Waals surface area contributed by atoms with Crippen LogP contribution < -0.4 is 4.90 Å². The van der Waals surface area contributed by atoms with Crippen LogP contribution in [0.5, 0.6) is 0 Å². The standard InChI is InChI=1S/C33H37F6N5O4/c1-3-27-13-28(18-44(27)31(47)48-19-20-4-6-22(7-5-20)29(45)46)43(30-40-14-24(15-41-30)23-8-9-42(2)17-23)16-21-10-25(32(34,35)36)12-26(11-21)33(37,38)39/h8-12,14-15,17,20,22,27-28H,3-7,13,16,18-19H2,1-2H3,(H,45,46)/t20-,22-,27-,28?/m1/s1. The van der Waals surface area contributed by atoms with Gasteiger partial charge in [-0.25, -0.2) is 14.8 Å². The molecule has 260 valence electrons. The molecule has 3 heterocycles. The highest BCUT2D eigenvalue weighted by atomic mass is 19.4. The number of aryl methyl sites for hydroxylation is 1. The van der Waals surface area contributed by atoms with Gasteiger partial charge in [-0.3, -0.25) is 4.79 Å². The number of ether oxygens (including phenoxy) is 1. The van der Waals surface area contributed by atoms with E-state index in [2.05, 4.69) is 9.97 Å². The number of hydrogen-bond acceptors (Lipinski definition) is 6. The van der Waals surface area contributed by atoms with Gasteiger partial charge in [0.05, 0.1) is 29.7 Å². The number of carboxylic acids is 1. The number of anilines is 1. The summed E-state index contributed by atoms with van der Waals surface area (Å²) >= 11 is 0. The number of alkyl halides is 6. The Balaban J connectivity index is 1.40. The summed E-state index contributed by atoms with van der Waals surface area (Å²) in [6, 6.07) is 2.45. The van der Waals surface area contributed by atoms with Gasteiger partial charge >= 0.3 is 24.4 Å². The maximum atomic E-state index is 13.7. The first kappa shape index (κ1) is 35.0. The molecule has 9 nitrogen and oxygen atoms in total. The van der Waals surface area contributed by atoms with Crippen LogP contribution in [0.25, 0.3) is 11.1 Å². The number of nitrogens with zero attached hydrogens (tertiary/aromatic N) is 5. The van der Waals surface area contributed by atoms with Crippen molar-refractivity contribution in [2.45, 2.75) is 76.4 Å². The molecule has 0 bridgehead atoms. The smallest absolute Gasteiger partial charge is 0.416 e. The number of carbonyl (C=O) groups is 2. The fourth-order valence-corrected chi connectivity index (χ4v) is 6.54. The Morgan fingerprint density at radius 2 is 1.60 bits per heavy atom. The first-order chi connectivity index (χ1) is 22.6. The number of amides is 1.